The molecule has 0 aliphatic rings. The summed E-state index contributed by atoms with van der Waals surface area (Å²) in [6.45, 7) is 0. The van der Waals surface area contributed by atoms with Gasteiger partial charge in [-0.2, -0.15) is 0 Å². The van der Waals surface area contributed by atoms with E-state index in [0.717, 1.165) is 0 Å². The maximum absolute atomic E-state index is 12.2. The quantitative estimate of drug-likeness (QED) is 0.689. The Hall–Kier alpha value is -2.79. The first-order valence-electron chi connectivity index (χ1n) is 6.41. The van der Waals surface area contributed by atoms with Crippen LogP contribution >= 0.6 is 11.6 Å². The van der Waals surface area contributed by atoms with Crippen molar-refractivity contribution in [3.05, 3.63) is 77.6 Å². The van der Waals surface area contributed by atoms with Gasteiger partial charge in [-0.3, -0.25) is 4.79 Å². The van der Waals surface area contributed by atoms with Crippen LogP contribution in [-0.4, -0.2) is 20.7 Å². The topological polar surface area (TPSA) is 65.0 Å². The highest BCUT2D eigenvalue weighted by atomic mass is 35.5. The first kappa shape index (κ1) is 14.2. The van der Waals surface area contributed by atoms with Crippen molar-refractivity contribution < 1.29 is 9.53 Å². The van der Waals surface area contributed by atoms with E-state index in [1.54, 1.807) is 36.4 Å². The van der Waals surface area contributed by atoms with Crippen LogP contribution in [0.25, 0.3) is 0 Å². The molecule has 0 radical (unpaired) electrons. The Kier molecular flexibility index (Phi) is 4.07. The third-order valence-electron chi connectivity index (χ3n) is 2.84. The van der Waals surface area contributed by atoms with Crippen molar-refractivity contribution in [1.29, 1.82) is 0 Å². The lowest BCUT2D eigenvalue weighted by atomic mass is 10.1. The second kappa shape index (κ2) is 6.32. The zero-order valence-corrected chi connectivity index (χ0v) is 12.1. The van der Waals surface area contributed by atoms with Crippen LogP contribution in [0.2, 0.25) is 5.02 Å². The van der Waals surface area contributed by atoms with Crippen LogP contribution < -0.4 is 4.74 Å². The number of carbonyl (C=O) groups excluding carboxylic acids is 1. The summed E-state index contributed by atoms with van der Waals surface area (Å²) in [5.41, 5.74) is 0.694. The Morgan fingerprint density at radius 3 is 2.23 bits per heavy atom. The Bertz CT molecular complexity index is 775. The van der Waals surface area contributed by atoms with Crippen LogP contribution in [0.1, 0.15) is 16.1 Å². The molecule has 22 heavy (non-hydrogen) atoms. The number of nitrogens with zero attached hydrogens (tertiary/aromatic N) is 3. The predicted octanol–water partition coefficient (Wildman–Crippen LogP) is 3.55. The second-order valence-corrected chi connectivity index (χ2v) is 4.83. The van der Waals surface area contributed by atoms with Gasteiger partial charge in [0.15, 0.2) is 0 Å². The number of aromatic nitrogens is 3. The van der Waals surface area contributed by atoms with Crippen LogP contribution in [0.3, 0.4) is 0 Å². The summed E-state index contributed by atoms with van der Waals surface area (Å²) in [4.78, 5) is 23.9. The Labute approximate surface area is 131 Å². The lowest BCUT2D eigenvalue weighted by Crippen LogP contribution is -2.04. The number of halogens is 1. The average Bonchev–Trinajstić information content (AvgIpc) is 2.58. The van der Waals surface area contributed by atoms with Crippen LogP contribution in [0, 0.1) is 0 Å². The molecule has 6 heteroatoms. The molecule has 0 aliphatic heterocycles. The van der Waals surface area contributed by atoms with Gasteiger partial charge in [-0.15, -0.1) is 0 Å². The molecule has 0 amide bonds. The number of pyridine rings is 1. The Morgan fingerprint density at radius 1 is 0.909 bits per heavy atom. The number of hydrogen-bond acceptors (Lipinski definition) is 5. The fourth-order valence-electron chi connectivity index (χ4n) is 1.78. The van der Waals surface area contributed by atoms with E-state index < -0.39 is 0 Å². The van der Waals surface area contributed by atoms with Crippen molar-refractivity contribution in [2.24, 2.45) is 0 Å². The van der Waals surface area contributed by atoms with Crippen molar-refractivity contribution in [3.63, 3.8) is 0 Å². The maximum atomic E-state index is 12.2. The molecule has 0 N–H and O–H groups in total. The van der Waals surface area contributed by atoms with E-state index in [0.29, 0.717) is 27.8 Å². The number of ether oxygens (including phenoxy) is 1. The molecule has 3 rings (SSSR count). The molecule has 5 nitrogen and oxygen atoms in total. The van der Waals surface area contributed by atoms with Gasteiger partial charge in [0, 0.05) is 17.4 Å². The normalized spacial score (nSPS) is 10.2. The number of benzene rings is 1. The lowest BCUT2D eigenvalue weighted by Gasteiger charge is -2.06. The number of ketones is 1. The summed E-state index contributed by atoms with van der Waals surface area (Å²) in [6.07, 6.45) is 5.77. The summed E-state index contributed by atoms with van der Waals surface area (Å²) in [6, 6.07) is 10.2. The van der Waals surface area contributed by atoms with Crippen LogP contribution in [-0.2, 0) is 0 Å². The largest absolute Gasteiger partial charge is 0.456 e. The third-order valence-corrected chi connectivity index (χ3v) is 3.09. The Morgan fingerprint density at radius 2 is 1.59 bits per heavy atom. The molecule has 0 bridgehead atoms. The van der Waals surface area contributed by atoms with E-state index in [2.05, 4.69) is 15.0 Å². The van der Waals surface area contributed by atoms with Crippen LogP contribution in [0.15, 0.2) is 61.3 Å². The minimum absolute atomic E-state index is 0.237. The number of hydrogen-bond donors (Lipinski definition) is 0. The van der Waals surface area contributed by atoms with E-state index in [-0.39, 0.29) is 5.78 Å². The molecular formula is C16H10ClN3O2. The highest BCUT2D eigenvalue weighted by molar-refractivity contribution is 6.30. The number of carbonyl (C=O) groups is 1. The van der Waals surface area contributed by atoms with E-state index in [1.807, 2.05) is 0 Å². The second-order valence-electron chi connectivity index (χ2n) is 4.39. The first-order chi connectivity index (χ1) is 10.7. The summed E-state index contributed by atoms with van der Waals surface area (Å²) >= 11 is 5.81. The highest BCUT2D eigenvalue weighted by Crippen LogP contribution is 2.22. The van der Waals surface area contributed by atoms with E-state index in [1.165, 1.54) is 24.9 Å². The molecule has 108 valence electrons. The fraction of sp³-hybridized carbons (Fsp3) is 0. The standard InChI is InChI=1S/C16H10ClN3O2/c17-12-1-3-13(4-2-12)22-14-5-6-15(20-9-14)16(21)11-7-18-10-19-8-11/h1-10H. The maximum Gasteiger partial charge on any atom is 0.214 e. The molecule has 3 aromatic rings. The van der Waals surface area contributed by atoms with Crippen molar-refractivity contribution in [3.8, 4) is 11.5 Å². The molecule has 2 aromatic heterocycles. The molecule has 0 fully saturated rings. The van der Waals surface area contributed by atoms with Gasteiger partial charge >= 0.3 is 0 Å². The zero-order chi connectivity index (χ0) is 15.4. The lowest BCUT2D eigenvalue weighted by molar-refractivity contribution is 0.103. The number of rotatable bonds is 4. The minimum Gasteiger partial charge on any atom is -0.456 e. The Balaban J connectivity index is 1.75. The summed E-state index contributed by atoms with van der Waals surface area (Å²) in [7, 11) is 0. The van der Waals surface area contributed by atoms with Gasteiger partial charge in [0.2, 0.25) is 5.78 Å². The summed E-state index contributed by atoms with van der Waals surface area (Å²) in [5, 5.41) is 0.636. The molecule has 0 saturated heterocycles. The zero-order valence-electron chi connectivity index (χ0n) is 11.3. The molecule has 0 aliphatic carbocycles. The fourth-order valence-corrected chi connectivity index (χ4v) is 1.90. The molecule has 0 saturated carbocycles. The highest BCUT2D eigenvalue weighted by Gasteiger charge is 2.11. The summed E-state index contributed by atoms with van der Waals surface area (Å²) in [5.74, 6) is 0.934. The van der Waals surface area contributed by atoms with Gasteiger partial charge in [-0.05, 0) is 36.4 Å². The summed E-state index contributed by atoms with van der Waals surface area (Å²) < 4.78 is 5.62. The van der Waals surface area contributed by atoms with Crippen LogP contribution in [0.5, 0.6) is 11.5 Å². The van der Waals surface area contributed by atoms with Gasteiger partial charge < -0.3 is 4.74 Å². The van der Waals surface area contributed by atoms with Crippen molar-refractivity contribution >= 4 is 17.4 Å². The van der Waals surface area contributed by atoms with Gasteiger partial charge in [0.1, 0.15) is 23.5 Å². The molecule has 0 spiro atoms. The molecular weight excluding hydrogens is 302 g/mol. The van der Waals surface area contributed by atoms with Crippen molar-refractivity contribution in [1.82, 2.24) is 15.0 Å². The monoisotopic (exact) mass is 311 g/mol. The molecule has 1 aromatic carbocycles. The molecule has 2 heterocycles. The predicted molar refractivity (Wildman–Crippen MR) is 81.2 cm³/mol. The van der Waals surface area contributed by atoms with Gasteiger partial charge in [-0.1, -0.05) is 11.6 Å². The first-order valence-corrected chi connectivity index (χ1v) is 6.79. The minimum atomic E-state index is -0.237. The third kappa shape index (κ3) is 3.27. The smallest absolute Gasteiger partial charge is 0.214 e. The average molecular weight is 312 g/mol. The van der Waals surface area contributed by atoms with E-state index >= 15 is 0 Å². The van der Waals surface area contributed by atoms with Crippen molar-refractivity contribution in [2.75, 3.05) is 0 Å². The van der Waals surface area contributed by atoms with Gasteiger partial charge in [0.25, 0.3) is 0 Å². The van der Waals surface area contributed by atoms with Gasteiger partial charge in [-0.25, -0.2) is 15.0 Å². The van der Waals surface area contributed by atoms with E-state index in [4.69, 9.17) is 16.3 Å². The van der Waals surface area contributed by atoms with Crippen LogP contribution in [0.4, 0.5) is 0 Å². The molecule has 0 atom stereocenters. The van der Waals surface area contributed by atoms with Crippen molar-refractivity contribution in [2.45, 2.75) is 0 Å². The SMILES string of the molecule is O=C(c1cncnc1)c1ccc(Oc2ccc(Cl)cc2)cn1. The molecule has 0 unspecified atom stereocenters. The van der Waals surface area contributed by atoms with E-state index in [9.17, 15) is 4.79 Å². The van der Waals surface area contributed by atoms with Gasteiger partial charge in [0.05, 0.1) is 11.8 Å².